The predicted molar refractivity (Wildman–Crippen MR) is 145 cm³/mol. The number of likely N-dealkylation sites (tertiary alicyclic amines) is 1. The minimum absolute atomic E-state index is 0.0000563. The lowest BCUT2D eigenvalue weighted by molar-refractivity contribution is 0.113. The van der Waals surface area contributed by atoms with Crippen LogP contribution in [0.3, 0.4) is 0 Å². The summed E-state index contributed by atoms with van der Waals surface area (Å²) in [6.07, 6.45) is 4.37. The molecule has 5 aliphatic rings. The van der Waals surface area contributed by atoms with Gasteiger partial charge in [-0.1, -0.05) is 24.3 Å². The highest BCUT2D eigenvalue weighted by Crippen LogP contribution is 2.44. The fourth-order valence-corrected chi connectivity index (χ4v) is 7.68. The Labute approximate surface area is 229 Å². The molecule has 0 radical (unpaired) electrons. The molecule has 5 atom stereocenters. The maximum atomic E-state index is 11.9. The molecule has 2 aromatic rings. The zero-order chi connectivity index (χ0) is 26.7. The van der Waals surface area contributed by atoms with Crippen LogP contribution in [-0.4, -0.2) is 98.9 Å². The number of benzene rings is 1. The summed E-state index contributed by atoms with van der Waals surface area (Å²) in [5.74, 6) is 0.920. The second-order valence-corrected chi connectivity index (χ2v) is 11.9. The Balaban J connectivity index is 1.18. The Kier molecular flexibility index (Phi) is 6.36. The van der Waals surface area contributed by atoms with E-state index in [2.05, 4.69) is 33.9 Å². The molecule has 7 rings (SSSR count). The molecule has 39 heavy (non-hydrogen) atoms. The number of piperazine rings is 1. The normalized spacial score (nSPS) is 30.5. The topological polar surface area (TPSA) is 106 Å². The quantitative estimate of drug-likeness (QED) is 0.599. The fourth-order valence-electron chi connectivity index (χ4n) is 7.68. The highest BCUT2D eigenvalue weighted by Gasteiger charge is 2.44. The van der Waals surface area contributed by atoms with E-state index in [1.165, 1.54) is 12.0 Å². The lowest BCUT2D eigenvalue weighted by atomic mass is 10.00. The average Bonchev–Trinajstić information content (AvgIpc) is 3.59. The summed E-state index contributed by atoms with van der Waals surface area (Å²) in [6, 6.07) is 9.18. The average molecular weight is 535 g/mol. The third kappa shape index (κ3) is 4.42. The minimum atomic E-state index is -0.814. The van der Waals surface area contributed by atoms with Crippen LogP contribution < -0.4 is 9.64 Å². The van der Waals surface area contributed by atoms with Crippen molar-refractivity contribution in [3.05, 3.63) is 46.6 Å². The summed E-state index contributed by atoms with van der Waals surface area (Å²) in [6.45, 7) is 4.51. The van der Waals surface area contributed by atoms with E-state index in [0.29, 0.717) is 44.7 Å². The molecule has 1 aromatic carbocycles. The molecule has 0 spiro atoms. The van der Waals surface area contributed by atoms with Gasteiger partial charge in [0.15, 0.2) is 0 Å². The number of carboxylic acid groups (broad SMARTS) is 1. The number of aliphatic hydroxyl groups is 1. The van der Waals surface area contributed by atoms with E-state index in [9.17, 15) is 15.0 Å². The molecule has 10 heteroatoms. The highest BCUT2D eigenvalue weighted by molar-refractivity contribution is 5.67. The summed E-state index contributed by atoms with van der Waals surface area (Å²) < 4.78 is 6.27. The number of carbonyl (C=O) groups is 1. The smallest absolute Gasteiger partial charge is 0.407 e. The van der Waals surface area contributed by atoms with Crippen molar-refractivity contribution in [3.63, 3.8) is 0 Å². The van der Waals surface area contributed by atoms with Gasteiger partial charge in [0.25, 0.3) is 0 Å². The first-order valence-electron chi connectivity index (χ1n) is 14.5. The number of aromatic nitrogens is 2. The van der Waals surface area contributed by atoms with Crippen LogP contribution in [0.5, 0.6) is 6.01 Å². The molecule has 10 nitrogen and oxygen atoms in total. The first-order chi connectivity index (χ1) is 19.0. The van der Waals surface area contributed by atoms with Gasteiger partial charge in [-0.05, 0) is 63.2 Å². The van der Waals surface area contributed by atoms with Crippen LogP contribution in [-0.2, 0) is 13.0 Å². The Morgan fingerprint density at radius 3 is 2.56 bits per heavy atom. The monoisotopic (exact) mass is 534 g/mol. The lowest BCUT2D eigenvalue weighted by Crippen LogP contribution is -2.56. The summed E-state index contributed by atoms with van der Waals surface area (Å²) in [5, 5.41) is 20.5. The van der Waals surface area contributed by atoms with Gasteiger partial charge >= 0.3 is 12.1 Å². The summed E-state index contributed by atoms with van der Waals surface area (Å²) in [7, 11) is 2.14. The van der Waals surface area contributed by atoms with Gasteiger partial charge in [-0.25, -0.2) is 4.79 Å². The van der Waals surface area contributed by atoms with Crippen molar-refractivity contribution in [3.8, 4) is 6.01 Å². The number of anilines is 1. The van der Waals surface area contributed by atoms with E-state index in [-0.39, 0.29) is 18.1 Å². The van der Waals surface area contributed by atoms with Gasteiger partial charge in [-0.2, -0.15) is 9.97 Å². The van der Waals surface area contributed by atoms with Crippen LogP contribution in [0.25, 0.3) is 0 Å². The van der Waals surface area contributed by atoms with E-state index in [1.54, 1.807) is 4.90 Å². The Morgan fingerprint density at radius 1 is 1.08 bits per heavy atom. The van der Waals surface area contributed by atoms with Crippen molar-refractivity contribution in [2.45, 2.75) is 75.3 Å². The van der Waals surface area contributed by atoms with Gasteiger partial charge in [-0.3, -0.25) is 9.80 Å². The second-order valence-electron chi connectivity index (χ2n) is 11.9. The van der Waals surface area contributed by atoms with Crippen molar-refractivity contribution < 1.29 is 19.7 Å². The van der Waals surface area contributed by atoms with Crippen LogP contribution in [0.1, 0.15) is 66.6 Å². The molecule has 3 fully saturated rings. The Bertz CT molecular complexity index is 1240. The number of hydrogen-bond donors (Lipinski definition) is 2. The lowest BCUT2D eigenvalue weighted by Gasteiger charge is -2.41. The van der Waals surface area contributed by atoms with Gasteiger partial charge in [0.2, 0.25) is 0 Å². The van der Waals surface area contributed by atoms with Crippen molar-refractivity contribution in [2.24, 2.45) is 0 Å². The standard InChI is InChI=1S/C29H38N6O4/c1-32-11-4-5-20(32)17-39-28-30-24-16-33(25-13-26(36)22-7-3-2-6-21(22)25)12-10-23(24)27(31-28)34-14-18-8-9-19(15-34)35(18)29(37)38/h2-3,6-7,18-20,25-26,36H,4-5,8-17H2,1H3,(H,37,38)/t18-,19+,20?,25?,26?. The first kappa shape index (κ1) is 25.0. The van der Waals surface area contributed by atoms with E-state index >= 15 is 0 Å². The maximum absolute atomic E-state index is 11.9. The number of nitrogens with zero attached hydrogens (tertiary/aromatic N) is 6. The van der Waals surface area contributed by atoms with Gasteiger partial charge < -0.3 is 24.7 Å². The van der Waals surface area contributed by atoms with Crippen LogP contribution in [0.2, 0.25) is 0 Å². The number of hydrogen-bond acceptors (Lipinski definition) is 8. The molecular weight excluding hydrogens is 496 g/mol. The molecule has 1 amide bonds. The summed E-state index contributed by atoms with van der Waals surface area (Å²) in [5.41, 5.74) is 4.40. The number of amides is 1. The third-order valence-electron chi connectivity index (χ3n) is 9.73. The SMILES string of the molecule is CN1CCCC1COc1nc2c(c(N3C[C@H]4CC[C@@H](C3)N4C(=O)O)n1)CCN(C1CC(O)c3ccccc31)C2. The van der Waals surface area contributed by atoms with E-state index < -0.39 is 12.2 Å². The fraction of sp³-hybridized carbons (Fsp3) is 0.621. The van der Waals surface area contributed by atoms with Crippen molar-refractivity contribution >= 4 is 11.9 Å². The molecule has 1 aromatic heterocycles. The van der Waals surface area contributed by atoms with E-state index in [4.69, 9.17) is 14.7 Å². The first-order valence-corrected chi connectivity index (χ1v) is 14.5. The third-order valence-corrected chi connectivity index (χ3v) is 9.73. The highest BCUT2D eigenvalue weighted by atomic mass is 16.5. The Hall–Kier alpha value is -2.95. The molecule has 5 heterocycles. The molecule has 0 saturated carbocycles. The minimum Gasteiger partial charge on any atom is -0.465 e. The number of fused-ring (bicyclic) bond motifs is 4. The molecule has 2 bridgehead atoms. The van der Waals surface area contributed by atoms with Gasteiger partial charge in [0.1, 0.15) is 12.4 Å². The van der Waals surface area contributed by atoms with Crippen molar-refractivity contribution in [2.75, 3.05) is 44.7 Å². The molecule has 208 valence electrons. The zero-order valence-corrected chi connectivity index (χ0v) is 22.6. The van der Waals surface area contributed by atoms with Gasteiger partial charge in [-0.15, -0.1) is 0 Å². The molecule has 2 N–H and O–H groups in total. The Morgan fingerprint density at radius 2 is 1.85 bits per heavy atom. The maximum Gasteiger partial charge on any atom is 0.407 e. The second kappa shape index (κ2) is 9.91. The van der Waals surface area contributed by atoms with Crippen LogP contribution in [0.15, 0.2) is 24.3 Å². The van der Waals surface area contributed by atoms with E-state index in [1.807, 2.05) is 12.1 Å². The molecule has 4 aliphatic heterocycles. The number of rotatable bonds is 5. The predicted octanol–water partition coefficient (Wildman–Crippen LogP) is 2.82. The van der Waals surface area contributed by atoms with E-state index in [0.717, 1.165) is 61.4 Å². The van der Waals surface area contributed by atoms with Crippen molar-refractivity contribution in [1.82, 2.24) is 24.7 Å². The largest absolute Gasteiger partial charge is 0.465 e. The van der Waals surface area contributed by atoms with Crippen LogP contribution in [0.4, 0.5) is 10.6 Å². The van der Waals surface area contributed by atoms with Gasteiger partial charge in [0.05, 0.1) is 23.9 Å². The van der Waals surface area contributed by atoms with Gasteiger partial charge in [0, 0.05) is 43.8 Å². The number of aliphatic hydroxyl groups excluding tert-OH is 1. The summed E-state index contributed by atoms with van der Waals surface area (Å²) in [4.78, 5) is 30.6. The summed E-state index contributed by atoms with van der Waals surface area (Å²) >= 11 is 0. The number of likely N-dealkylation sites (N-methyl/N-ethyl adjacent to an activating group) is 1. The molecule has 1 aliphatic carbocycles. The molecule has 3 unspecified atom stereocenters. The zero-order valence-electron chi connectivity index (χ0n) is 22.6. The van der Waals surface area contributed by atoms with Crippen LogP contribution >= 0.6 is 0 Å². The van der Waals surface area contributed by atoms with Crippen molar-refractivity contribution in [1.29, 1.82) is 0 Å². The number of ether oxygens (including phenoxy) is 1. The molecule has 3 saturated heterocycles. The van der Waals surface area contributed by atoms with Crippen LogP contribution in [0, 0.1) is 0 Å². The molecular formula is C29H38N6O4.